The van der Waals surface area contributed by atoms with E-state index in [1.807, 2.05) is 6.07 Å². The number of nitrogens with one attached hydrogen (secondary N) is 1. The van der Waals surface area contributed by atoms with Crippen LogP contribution in [0.1, 0.15) is 24.5 Å². The lowest BCUT2D eigenvalue weighted by Gasteiger charge is -2.29. The Kier molecular flexibility index (Phi) is 2.76. The molecule has 1 unspecified atom stereocenters. The van der Waals surface area contributed by atoms with E-state index in [1.54, 1.807) is 6.20 Å². The monoisotopic (exact) mass is 230 g/mol. The molecule has 2 heterocycles. The Morgan fingerprint density at radius 2 is 2.40 bits per heavy atom. The van der Waals surface area contributed by atoms with Crippen molar-refractivity contribution in [3.63, 3.8) is 0 Å². The Morgan fingerprint density at radius 1 is 1.60 bits per heavy atom. The number of piperidine rings is 1. The van der Waals surface area contributed by atoms with E-state index in [9.17, 15) is 8.42 Å². The highest BCUT2D eigenvalue weighted by Crippen LogP contribution is 2.25. The first-order chi connectivity index (χ1) is 7.07. The first-order valence-electron chi connectivity index (χ1n) is 4.84. The molecule has 1 aliphatic rings. The number of rotatable bonds is 2. The van der Waals surface area contributed by atoms with Crippen LogP contribution in [0.3, 0.4) is 0 Å². The summed E-state index contributed by atoms with van der Waals surface area (Å²) in [6, 6.07) is 1.87. The highest BCUT2D eigenvalue weighted by atomic mass is 32.2. The number of aromatic amines is 1. The van der Waals surface area contributed by atoms with Crippen LogP contribution in [-0.2, 0) is 10.2 Å². The maximum atomic E-state index is 11.2. The molecular weight excluding hydrogens is 216 g/mol. The molecule has 1 aliphatic heterocycles. The van der Waals surface area contributed by atoms with Crippen LogP contribution in [0.25, 0.3) is 0 Å². The van der Waals surface area contributed by atoms with Crippen LogP contribution in [0, 0.1) is 0 Å². The molecular formula is C8H14N4O2S. The maximum Gasteiger partial charge on any atom is 0.276 e. The third kappa shape index (κ3) is 2.36. The molecule has 1 atom stereocenters. The van der Waals surface area contributed by atoms with Crippen molar-refractivity contribution in [3.8, 4) is 0 Å². The highest BCUT2D eigenvalue weighted by Gasteiger charge is 2.27. The Hall–Kier alpha value is -0.920. The van der Waals surface area contributed by atoms with Gasteiger partial charge in [-0.1, -0.05) is 0 Å². The lowest BCUT2D eigenvalue weighted by Crippen LogP contribution is -2.42. The summed E-state index contributed by atoms with van der Waals surface area (Å²) in [5, 5.41) is 11.8. The SMILES string of the molecule is NS(=O)(=O)N1CCCC(c2ccn[nH]2)C1. The molecule has 0 radical (unpaired) electrons. The second-order valence-electron chi connectivity index (χ2n) is 3.75. The molecule has 0 spiro atoms. The Morgan fingerprint density at radius 3 is 3.00 bits per heavy atom. The fourth-order valence-electron chi connectivity index (χ4n) is 1.92. The zero-order valence-electron chi connectivity index (χ0n) is 8.26. The van der Waals surface area contributed by atoms with Gasteiger partial charge in [0.2, 0.25) is 0 Å². The van der Waals surface area contributed by atoms with E-state index in [1.165, 1.54) is 4.31 Å². The van der Waals surface area contributed by atoms with Crippen LogP contribution in [0.15, 0.2) is 12.3 Å². The Labute approximate surface area is 88.6 Å². The molecule has 1 saturated heterocycles. The number of hydrogen-bond acceptors (Lipinski definition) is 3. The molecule has 0 aromatic carbocycles. The second kappa shape index (κ2) is 3.92. The third-order valence-electron chi connectivity index (χ3n) is 2.71. The summed E-state index contributed by atoms with van der Waals surface area (Å²) in [6.07, 6.45) is 3.47. The molecule has 3 N–H and O–H groups in total. The van der Waals surface area contributed by atoms with E-state index in [2.05, 4.69) is 10.2 Å². The van der Waals surface area contributed by atoms with Crippen LogP contribution in [0.4, 0.5) is 0 Å². The van der Waals surface area contributed by atoms with Crippen molar-refractivity contribution in [2.45, 2.75) is 18.8 Å². The minimum atomic E-state index is -3.55. The predicted molar refractivity (Wildman–Crippen MR) is 55.2 cm³/mol. The molecule has 6 nitrogen and oxygen atoms in total. The zero-order chi connectivity index (χ0) is 10.9. The summed E-state index contributed by atoms with van der Waals surface area (Å²) in [4.78, 5) is 0. The second-order valence-corrected chi connectivity index (χ2v) is 5.30. The first-order valence-corrected chi connectivity index (χ1v) is 6.35. The quantitative estimate of drug-likeness (QED) is 0.736. The minimum absolute atomic E-state index is 0.180. The van der Waals surface area contributed by atoms with Crippen molar-refractivity contribution in [2.24, 2.45) is 5.14 Å². The largest absolute Gasteiger partial charge is 0.282 e. The number of nitrogens with two attached hydrogens (primary N) is 1. The van der Waals surface area contributed by atoms with Crippen LogP contribution in [0.5, 0.6) is 0 Å². The van der Waals surface area contributed by atoms with Gasteiger partial charge in [-0.15, -0.1) is 0 Å². The van der Waals surface area contributed by atoms with Gasteiger partial charge in [-0.3, -0.25) is 5.10 Å². The van der Waals surface area contributed by atoms with Crippen molar-refractivity contribution in [3.05, 3.63) is 18.0 Å². The first kappa shape index (κ1) is 10.6. The van der Waals surface area contributed by atoms with Gasteiger partial charge in [0.25, 0.3) is 10.2 Å². The molecule has 0 aliphatic carbocycles. The Balaban J connectivity index is 2.12. The summed E-state index contributed by atoms with van der Waals surface area (Å²) in [5.41, 5.74) is 0.975. The molecule has 0 bridgehead atoms. The maximum absolute atomic E-state index is 11.2. The van der Waals surface area contributed by atoms with Crippen LogP contribution < -0.4 is 5.14 Å². The van der Waals surface area contributed by atoms with Gasteiger partial charge in [0.05, 0.1) is 0 Å². The molecule has 0 amide bonds. The fourth-order valence-corrected chi connectivity index (χ4v) is 2.69. The van der Waals surface area contributed by atoms with E-state index >= 15 is 0 Å². The fraction of sp³-hybridized carbons (Fsp3) is 0.625. The molecule has 2 rings (SSSR count). The zero-order valence-corrected chi connectivity index (χ0v) is 9.07. The topological polar surface area (TPSA) is 92.1 Å². The summed E-state index contributed by atoms with van der Waals surface area (Å²) >= 11 is 0. The van der Waals surface area contributed by atoms with Crippen LogP contribution in [0.2, 0.25) is 0 Å². The van der Waals surface area contributed by atoms with Gasteiger partial charge in [-0.05, 0) is 18.9 Å². The molecule has 0 saturated carbocycles. The van der Waals surface area contributed by atoms with E-state index in [4.69, 9.17) is 5.14 Å². The summed E-state index contributed by atoms with van der Waals surface area (Å²) in [7, 11) is -3.55. The normalized spacial score (nSPS) is 24.2. The molecule has 1 aromatic rings. The standard InChI is InChI=1S/C8H14N4O2S/c9-15(13,14)12-5-1-2-7(6-12)8-3-4-10-11-8/h3-4,7H,1-2,5-6H2,(H,10,11)(H2,9,13,14). The number of hydrogen-bond donors (Lipinski definition) is 2. The van der Waals surface area contributed by atoms with Gasteiger partial charge in [0, 0.05) is 30.9 Å². The average molecular weight is 230 g/mol. The van der Waals surface area contributed by atoms with E-state index in [0.717, 1.165) is 18.5 Å². The van der Waals surface area contributed by atoms with Gasteiger partial charge < -0.3 is 0 Å². The third-order valence-corrected chi connectivity index (χ3v) is 3.76. The van der Waals surface area contributed by atoms with E-state index in [0.29, 0.717) is 13.1 Å². The van der Waals surface area contributed by atoms with Crippen molar-refractivity contribution in [1.82, 2.24) is 14.5 Å². The molecule has 15 heavy (non-hydrogen) atoms. The van der Waals surface area contributed by atoms with Crippen LogP contribution >= 0.6 is 0 Å². The lowest BCUT2D eigenvalue weighted by molar-refractivity contribution is 0.313. The summed E-state index contributed by atoms with van der Waals surface area (Å²) < 4.78 is 23.7. The van der Waals surface area contributed by atoms with Gasteiger partial charge in [-0.2, -0.15) is 17.8 Å². The molecule has 1 aromatic heterocycles. The molecule has 84 valence electrons. The number of aromatic nitrogens is 2. The lowest BCUT2D eigenvalue weighted by atomic mass is 9.96. The summed E-state index contributed by atoms with van der Waals surface area (Å²) in [6.45, 7) is 0.963. The van der Waals surface area contributed by atoms with E-state index < -0.39 is 10.2 Å². The minimum Gasteiger partial charge on any atom is -0.282 e. The number of H-pyrrole nitrogens is 1. The van der Waals surface area contributed by atoms with Crippen molar-refractivity contribution in [1.29, 1.82) is 0 Å². The van der Waals surface area contributed by atoms with E-state index in [-0.39, 0.29) is 5.92 Å². The van der Waals surface area contributed by atoms with Gasteiger partial charge in [0.15, 0.2) is 0 Å². The summed E-state index contributed by atoms with van der Waals surface area (Å²) in [5.74, 6) is 0.180. The molecule has 7 heteroatoms. The van der Waals surface area contributed by atoms with Crippen molar-refractivity contribution < 1.29 is 8.42 Å². The smallest absolute Gasteiger partial charge is 0.276 e. The predicted octanol–water partition coefficient (Wildman–Crippen LogP) is -0.207. The van der Waals surface area contributed by atoms with Gasteiger partial charge in [-0.25, -0.2) is 5.14 Å². The van der Waals surface area contributed by atoms with Crippen LogP contribution in [-0.4, -0.2) is 36.0 Å². The highest BCUT2D eigenvalue weighted by molar-refractivity contribution is 7.86. The van der Waals surface area contributed by atoms with Gasteiger partial charge in [0.1, 0.15) is 0 Å². The van der Waals surface area contributed by atoms with Gasteiger partial charge >= 0.3 is 0 Å². The molecule has 1 fully saturated rings. The van der Waals surface area contributed by atoms with Crippen molar-refractivity contribution in [2.75, 3.05) is 13.1 Å². The Bertz CT molecular complexity index is 414. The number of nitrogens with zero attached hydrogens (tertiary/aromatic N) is 2. The van der Waals surface area contributed by atoms with Crippen molar-refractivity contribution >= 4 is 10.2 Å². The average Bonchev–Trinajstić information content (AvgIpc) is 2.69.